The van der Waals surface area contributed by atoms with E-state index in [1.54, 1.807) is 6.08 Å². The van der Waals surface area contributed by atoms with Crippen molar-refractivity contribution in [2.45, 2.75) is 60.3 Å². The highest BCUT2D eigenvalue weighted by atomic mass is 16.5. The van der Waals surface area contributed by atoms with Crippen molar-refractivity contribution >= 4 is 12.3 Å². The summed E-state index contributed by atoms with van der Waals surface area (Å²) in [7, 11) is 0. The predicted molar refractivity (Wildman–Crippen MR) is 96.4 cm³/mol. The summed E-state index contributed by atoms with van der Waals surface area (Å²) >= 11 is 0. The highest BCUT2D eigenvalue weighted by molar-refractivity contribution is 5.83. The molecule has 0 bridgehead atoms. The highest BCUT2D eigenvalue weighted by Gasteiger charge is 2.52. The molecule has 0 spiro atoms. The number of ether oxygens (including phenoxy) is 1. The molecule has 1 saturated carbocycles. The molecule has 0 aromatic heterocycles. The summed E-state index contributed by atoms with van der Waals surface area (Å²) in [5.74, 6) is 0.373. The molecule has 0 aromatic rings. The lowest BCUT2D eigenvalue weighted by atomic mass is 9.49. The summed E-state index contributed by atoms with van der Waals surface area (Å²) in [6, 6.07) is 0. The second-order valence-corrected chi connectivity index (χ2v) is 8.81. The normalized spacial score (nSPS) is 32.3. The van der Waals surface area contributed by atoms with Crippen LogP contribution in [0.2, 0.25) is 0 Å². The average Bonchev–Trinajstić information content (AvgIpc) is 2.49. The maximum atomic E-state index is 11.9. The first-order valence-electron chi connectivity index (χ1n) is 9.21. The average molecular weight is 332 g/mol. The Bertz CT molecular complexity index is 541. The minimum atomic E-state index is -0.328. The van der Waals surface area contributed by atoms with Gasteiger partial charge in [0.05, 0.1) is 6.61 Å². The number of rotatable bonds is 5. The van der Waals surface area contributed by atoms with Gasteiger partial charge in [0.15, 0.2) is 0 Å². The van der Waals surface area contributed by atoms with Crippen LogP contribution in [0.25, 0.3) is 0 Å². The summed E-state index contributed by atoms with van der Waals surface area (Å²) in [5, 5.41) is 0. The number of hydrogen-bond acceptors (Lipinski definition) is 3. The quantitative estimate of drug-likeness (QED) is 0.416. The molecule has 24 heavy (non-hydrogen) atoms. The van der Waals surface area contributed by atoms with Gasteiger partial charge in [-0.1, -0.05) is 53.2 Å². The zero-order valence-electron chi connectivity index (χ0n) is 15.8. The first-order valence-corrected chi connectivity index (χ1v) is 9.21. The third-order valence-corrected chi connectivity index (χ3v) is 6.04. The van der Waals surface area contributed by atoms with Gasteiger partial charge in [-0.15, -0.1) is 0 Å². The van der Waals surface area contributed by atoms with Crippen LogP contribution in [0.3, 0.4) is 0 Å². The first-order chi connectivity index (χ1) is 11.2. The molecule has 0 aliphatic heterocycles. The smallest absolute Gasteiger partial charge is 0.330 e. The van der Waals surface area contributed by atoms with Gasteiger partial charge >= 0.3 is 5.97 Å². The topological polar surface area (TPSA) is 43.4 Å². The van der Waals surface area contributed by atoms with E-state index in [1.165, 1.54) is 12.5 Å². The minimum absolute atomic E-state index is 0.0141. The van der Waals surface area contributed by atoms with Crippen molar-refractivity contribution in [2.75, 3.05) is 6.61 Å². The van der Waals surface area contributed by atoms with Crippen LogP contribution in [-0.2, 0) is 14.3 Å². The summed E-state index contributed by atoms with van der Waals surface area (Å²) in [5.41, 5.74) is 1.22. The SMILES string of the molecule is CC(C)COC(=O)/C=C/C1=CCC2C(C)(C)CCC[C@]2(C)[C@H]1C=O. The lowest BCUT2D eigenvalue weighted by molar-refractivity contribution is -0.138. The minimum Gasteiger partial charge on any atom is -0.462 e. The molecule has 0 radical (unpaired) electrons. The predicted octanol–water partition coefficient (Wildman–Crippen LogP) is 4.72. The van der Waals surface area contributed by atoms with Gasteiger partial charge in [-0.25, -0.2) is 4.79 Å². The van der Waals surface area contributed by atoms with Gasteiger partial charge in [-0.3, -0.25) is 0 Å². The standard InChI is InChI=1S/C21H32O3/c1-15(2)14-24-19(23)10-8-16-7-9-18-20(3,4)11-6-12-21(18,5)17(16)13-22/h7-8,10,13,15,17-18H,6,9,11-12,14H2,1-5H3/b10-8+/t17-,18?,21+/m0/s1. The van der Waals surface area contributed by atoms with Crippen LogP contribution in [0.4, 0.5) is 0 Å². The molecule has 3 atom stereocenters. The van der Waals surface area contributed by atoms with E-state index in [-0.39, 0.29) is 22.7 Å². The number of carbonyl (C=O) groups excluding carboxylic acids is 2. The molecular weight excluding hydrogens is 300 g/mol. The van der Waals surface area contributed by atoms with Crippen LogP contribution < -0.4 is 0 Å². The van der Waals surface area contributed by atoms with Crippen LogP contribution in [0, 0.1) is 28.6 Å². The molecule has 2 rings (SSSR count). The Morgan fingerprint density at radius 2 is 2.04 bits per heavy atom. The van der Waals surface area contributed by atoms with Crippen molar-refractivity contribution in [2.24, 2.45) is 28.6 Å². The molecule has 0 N–H and O–H groups in total. The molecular formula is C21H32O3. The molecule has 0 heterocycles. The Kier molecular flexibility index (Phi) is 5.72. The van der Waals surface area contributed by atoms with Gasteiger partial charge in [0.25, 0.3) is 0 Å². The third kappa shape index (κ3) is 3.81. The Morgan fingerprint density at radius 1 is 1.33 bits per heavy atom. The fourth-order valence-electron chi connectivity index (χ4n) is 4.76. The second-order valence-electron chi connectivity index (χ2n) is 8.81. The Morgan fingerprint density at radius 3 is 2.67 bits per heavy atom. The molecule has 3 heteroatoms. The van der Waals surface area contributed by atoms with Crippen molar-refractivity contribution in [3.05, 3.63) is 23.8 Å². The highest BCUT2D eigenvalue weighted by Crippen LogP contribution is 2.59. The number of allylic oxidation sites excluding steroid dienone is 3. The number of fused-ring (bicyclic) bond motifs is 1. The number of esters is 1. The van der Waals surface area contributed by atoms with E-state index in [9.17, 15) is 9.59 Å². The Balaban J connectivity index is 2.18. The molecule has 0 amide bonds. The summed E-state index contributed by atoms with van der Waals surface area (Å²) in [6.07, 6.45) is 11.0. The van der Waals surface area contributed by atoms with E-state index in [2.05, 4.69) is 26.8 Å². The van der Waals surface area contributed by atoms with E-state index in [0.717, 1.165) is 31.1 Å². The first kappa shape index (κ1) is 19.0. The van der Waals surface area contributed by atoms with Gasteiger partial charge < -0.3 is 9.53 Å². The zero-order chi connectivity index (χ0) is 18.0. The van der Waals surface area contributed by atoms with Gasteiger partial charge in [-0.2, -0.15) is 0 Å². The van der Waals surface area contributed by atoms with E-state index in [4.69, 9.17) is 4.74 Å². The number of aldehydes is 1. The number of carbonyl (C=O) groups is 2. The largest absolute Gasteiger partial charge is 0.462 e. The van der Waals surface area contributed by atoms with Crippen molar-refractivity contribution in [1.82, 2.24) is 0 Å². The number of hydrogen-bond donors (Lipinski definition) is 0. The van der Waals surface area contributed by atoms with Gasteiger partial charge in [0.2, 0.25) is 0 Å². The molecule has 0 saturated heterocycles. The van der Waals surface area contributed by atoms with E-state index in [1.807, 2.05) is 13.8 Å². The summed E-state index contributed by atoms with van der Waals surface area (Å²) in [6.45, 7) is 11.4. The Hall–Kier alpha value is -1.38. The molecule has 134 valence electrons. The lowest BCUT2D eigenvalue weighted by Gasteiger charge is -2.55. The van der Waals surface area contributed by atoms with Gasteiger partial charge in [0, 0.05) is 12.0 Å². The van der Waals surface area contributed by atoms with E-state index in [0.29, 0.717) is 18.4 Å². The monoisotopic (exact) mass is 332 g/mol. The molecule has 2 aliphatic rings. The van der Waals surface area contributed by atoms with Crippen LogP contribution in [0.15, 0.2) is 23.8 Å². The maximum absolute atomic E-state index is 11.9. The van der Waals surface area contributed by atoms with Crippen LogP contribution in [0.1, 0.15) is 60.3 Å². The third-order valence-electron chi connectivity index (χ3n) is 6.04. The Labute approximate surface area is 146 Å². The summed E-state index contributed by atoms with van der Waals surface area (Å²) in [4.78, 5) is 23.7. The van der Waals surface area contributed by atoms with Crippen LogP contribution in [-0.4, -0.2) is 18.9 Å². The van der Waals surface area contributed by atoms with Crippen LogP contribution >= 0.6 is 0 Å². The second kappa shape index (κ2) is 7.25. The van der Waals surface area contributed by atoms with Crippen molar-refractivity contribution < 1.29 is 14.3 Å². The maximum Gasteiger partial charge on any atom is 0.330 e. The fourth-order valence-corrected chi connectivity index (χ4v) is 4.76. The van der Waals surface area contributed by atoms with Crippen LogP contribution in [0.5, 0.6) is 0 Å². The fraction of sp³-hybridized carbons (Fsp3) is 0.714. The molecule has 3 nitrogen and oxygen atoms in total. The molecule has 2 aliphatic carbocycles. The zero-order valence-corrected chi connectivity index (χ0v) is 15.8. The van der Waals surface area contributed by atoms with Crippen molar-refractivity contribution in [3.63, 3.8) is 0 Å². The van der Waals surface area contributed by atoms with Crippen molar-refractivity contribution in [1.29, 1.82) is 0 Å². The molecule has 1 fully saturated rings. The van der Waals surface area contributed by atoms with E-state index >= 15 is 0 Å². The lowest BCUT2D eigenvalue weighted by Crippen LogP contribution is -2.49. The van der Waals surface area contributed by atoms with Crippen molar-refractivity contribution in [3.8, 4) is 0 Å². The molecule has 1 unspecified atom stereocenters. The van der Waals surface area contributed by atoms with Gasteiger partial charge in [-0.05, 0) is 47.5 Å². The van der Waals surface area contributed by atoms with Gasteiger partial charge in [0.1, 0.15) is 6.29 Å². The summed E-state index contributed by atoms with van der Waals surface area (Å²) < 4.78 is 5.19. The molecule has 0 aromatic carbocycles. The van der Waals surface area contributed by atoms with E-state index < -0.39 is 0 Å².